The van der Waals surface area contributed by atoms with E-state index in [4.69, 9.17) is 0 Å². The molecule has 1 saturated carbocycles. The van der Waals surface area contributed by atoms with Crippen LogP contribution in [-0.4, -0.2) is 28.0 Å². The molecule has 2 aliphatic heterocycles. The van der Waals surface area contributed by atoms with Gasteiger partial charge in [-0.3, -0.25) is 9.59 Å². The zero-order valence-electron chi connectivity index (χ0n) is 17.1. The van der Waals surface area contributed by atoms with Crippen LogP contribution in [0.4, 0.5) is 5.69 Å². The summed E-state index contributed by atoms with van der Waals surface area (Å²) in [6.07, 6.45) is 1.89. The van der Waals surface area contributed by atoms with Gasteiger partial charge >= 0.3 is 0 Å². The molecular weight excluding hydrogens is 380 g/mol. The van der Waals surface area contributed by atoms with Gasteiger partial charge in [0, 0.05) is 22.8 Å². The van der Waals surface area contributed by atoms with E-state index in [9.17, 15) is 9.59 Å². The van der Waals surface area contributed by atoms with E-state index in [1.807, 2.05) is 46.2 Å². The molecule has 2 aromatic rings. The van der Waals surface area contributed by atoms with Gasteiger partial charge in [0.25, 0.3) is 5.91 Å². The first kappa shape index (κ1) is 18.7. The van der Waals surface area contributed by atoms with Crippen LogP contribution in [0.15, 0.2) is 48.5 Å². The standard InChI is InChI=1S/C24H26N2O2S/c1-16-8-4-5-9-18(16)14-25-20-11-7-6-10-19(20)24(22(25)28)26(15-23(2,3)29-24)21(27)17-12-13-17/h4-11,17H,12-15H2,1-3H3/t24-/m1/s1. The van der Waals surface area contributed by atoms with Gasteiger partial charge in [0.05, 0.1) is 12.2 Å². The van der Waals surface area contributed by atoms with E-state index in [1.54, 1.807) is 11.8 Å². The Bertz CT molecular complexity index is 1010. The summed E-state index contributed by atoms with van der Waals surface area (Å²) in [5.41, 5.74) is 4.20. The van der Waals surface area contributed by atoms with Gasteiger partial charge in [-0.25, -0.2) is 0 Å². The smallest absolute Gasteiger partial charge is 0.268 e. The zero-order chi connectivity index (χ0) is 20.4. The van der Waals surface area contributed by atoms with Gasteiger partial charge < -0.3 is 9.80 Å². The van der Waals surface area contributed by atoms with Crippen molar-refractivity contribution in [2.75, 3.05) is 11.4 Å². The molecule has 0 N–H and O–H groups in total. The summed E-state index contributed by atoms with van der Waals surface area (Å²) in [6.45, 7) is 7.48. The second-order valence-corrected chi connectivity index (χ2v) is 10.9. The topological polar surface area (TPSA) is 40.6 Å². The van der Waals surface area contributed by atoms with Crippen LogP contribution in [0.2, 0.25) is 0 Å². The Morgan fingerprint density at radius 3 is 2.52 bits per heavy atom. The van der Waals surface area contributed by atoms with E-state index >= 15 is 0 Å². The summed E-state index contributed by atoms with van der Waals surface area (Å²) in [5.74, 6) is 0.252. The fourth-order valence-corrected chi connectivity index (χ4v) is 6.38. The van der Waals surface area contributed by atoms with Crippen molar-refractivity contribution in [1.29, 1.82) is 0 Å². The molecule has 1 aliphatic carbocycles. The maximum Gasteiger partial charge on any atom is 0.268 e. The molecule has 150 valence electrons. The quantitative estimate of drug-likeness (QED) is 0.756. The number of carbonyl (C=O) groups is 2. The summed E-state index contributed by atoms with van der Waals surface area (Å²) in [5, 5.41) is 0. The molecule has 1 atom stereocenters. The highest BCUT2D eigenvalue weighted by Crippen LogP contribution is 2.60. The lowest BCUT2D eigenvalue weighted by Crippen LogP contribution is -2.50. The third-order valence-electron chi connectivity index (χ3n) is 6.22. The number of anilines is 1. The number of thioether (sulfide) groups is 1. The van der Waals surface area contributed by atoms with Gasteiger partial charge in [-0.15, -0.1) is 11.8 Å². The first-order valence-electron chi connectivity index (χ1n) is 10.3. The monoisotopic (exact) mass is 406 g/mol. The molecule has 4 nitrogen and oxygen atoms in total. The number of aryl methyl sites for hydroxylation is 1. The number of carbonyl (C=O) groups excluding carboxylic acids is 2. The molecule has 29 heavy (non-hydrogen) atoms. The molecule has 1 spiro atoms. The summed E-state index contributed by atoms with van der Waals surface area (Å²) >= 11 is 1.64. The van der Waals surface area contributed by atoms with Crippen LogP contribution >= 0.6 is 11.8 Å². The lowest BCUT2D eigenvalue weighted by Gasteiger charge is -2.33. The summed E-state index contributed by atoms with van der Waals surface area (Å²) < 4.78 is -0.175. The van der Waals surface area contributed by atoms with E-state index in [0.29, 0.717) is 13.1 Å². The SMILES string of the molecule is Cc1ccccc1CN1C(=O)[C@]2(SC(C)(C)CN2C(=O)C2CC2)c2ccccc21. The summed E-state index contributed by atoms with van der Waals surface area (Å²) in [7, 11) is 0. The van der Waals surface area contributed by atoms with Gasteiger partial charge in [0.1, 0.15) is 0 Å². The number of para-hydroxylation sites is 1. The summed E-state index contributed by atoms with van der Waals surface area (Å²) in [6, 6.07) is 16.2. The predicted molar refractivity (Wildman–Crippen MR) is 117 cm³/mol. The van der Waals surface area contributed by atoms with Crippen molar-refractivity contribution in [2.24, 2.45) is 5.92 Å². The number of fused-ring (bicyclic) bond motifs is 2. The summed E-state index contributed by atoms with van der Waals surface area (Å²) in [4.78, 5) is 30.2. The van der Waals surface area contributed by atoms with Gasteiger partial charge in [-0.1, -0.05) is 42.5 Å². The molecule has 3 aliphatic rings. The number of hydrogen-bond donors (Lipinski definition) is 0. The lowest BCUT2D eigenvalue weighted by atomic mass is 10.0. The molecule has 5 heteroatoms. The van der Waals surface area contributed by atoms with Gasteiger partial charge in [-0.05, 0) is 50.8 Å². The Kier molecular flexibility index (Phi) is 4.11. The van der Waals surface area contributed by atoms with Crippen molar-refractivity contribution in [1.82, 2.24) is 4.90 Å². The third-order valence-corrected chi connectivity index (χ3v) is 7.81. The third kappa shape index (κ3) is 2.82. The average Bonchev–Trinajstić information content (AvgIpc) is 3.46. The van der Waals surface area contributed by atoms with E-state index < -0.39 is 4.87 Å². The van der Waals surface area contributed by atoms with Crippen molar-refractivity contribution in [3.63, 3.8) is 0 Å². The van der Waals surface area contributed by atoms with Crippen LogP contribution in [-0.2, 0) is 21.0 Å². The van der Waals surface area contributed by atoms with Crippen molar-refractivity contribution >= 4 is 29.3 Å². The Balaban J connectivity index is 1.63. The number of amides is 2. The molecule has 2 heterocycles. The van der Waals surface area contributed by atoms with Crippen molar-refractivity contribution in [3.05, 3.63) is 65.2 Å². The molecule has 2 aromatic carbocycles. The Morgan fingerprint density at radius 1 is 1.10 bits per heavy atom. The molecule has 0 radical (unpaired) electrons. The highest BCUT2D eigenvalue weighted by molar-refractivity contribution is 8.02. The molecule has 0 aromatic heterocycles. The first-order chi connectivity index (χ1) is 13.8. The van der Waals surface area contributed by atoms with Crippen LogP contribution in [0.1, 0.15) is 43.4 Å². The number of rotatable bonds is 3. The van der Waals surface area contributed by atoms with E-state index in [2.05, 4.69) is 32.9 Å². The minimum absolute atomic E-state index is 0.0199. The molecule has 2 fully saturated rings. The van der Waals surface area contributed by atoms with Gasteiger partial charge in [0.15, 0.2) is 4.87 Å². The fraction of sp³-hybridized carbons (Fsp3) is 0.417. The van der Waals surface area contributed by atoms with Crippen molar-refractivity contribution < 1.29 is 9.59 Å². The Hall–Kier alpha value is -2.27. The van der Waals surface area contributed by atoms with Crippen LogP contribution in [0.5, 0.6) is 0 Å². The maximum atomic E-state index is 14.1. The first-order valence-corrected chi connectivity index (χ1v) is 11.1. The molecule has 0 bridgehead atoms. The maximum absolute atomic E-state index is 14.1. The van der Waals surface area contributed by atoms with E-state index in [-0.39, 0.29) is 22.5 Å². The normalized spacial score (nSPS) is 25.0. The fourth-order valence-electron chi connectivity index (χ4n) is 4.64. The van der Waals surface area contributed by atoms with E-state index in [0.717, 1.165) is 29.7 Å². The highest BCUT2D eigenvalue weighted by atomic mass is 32.2. The van der Waals surface area contributed by atoms with Crippen molar-refractivity contribution in [2.45, 2.75) is 49.8 Å². The molecule has 1 saturated heterocycles. The average molecular weight is 407 g/mol. The predicted octanol–water partition coefficient (Wildman–Crippen LogP) is 4.46. The van der Waals surface area contributed by atoms with Gasteiger partial charge in [0.2, 0.25) is 5.91 Å². The van der Waals surface area contributed by atoms with Gasteiger partial charge in [-0.2, -0.15) is 0 Å². The molecule has 5 rings (SSSR count). The Labute approximate surface area is 176 Å². The van der Waals surface area contributed by atoms with Crippen molar-refractivity contribution in [3.8, 4) is 0 Å². The number of hydrogen-bond acceptors (Lipinski definition) is 3. The minimum atomic E-state index is -0.942. The minimum Gasteiger partial charge on any atom is -0.314 e. The lowest BCUT2D eigenvalue weighted by molar-refractivity contribution is -0.141. The number of nitrogens with zero attached hydrogens (tertiary/aromatic N) is 2. The zero-order valence-corrected chi connectivity index (χ0v) is 18.0. The Morgan fingerprint density at radius 2 is 1.79 bits per heavy atom. The van der Waals surface area contributed by atoms with Crippen LogP contribution in [0, 0.1) is 12.8 Å². The molecule has 0 unspecified atom stereocenters. The van der Waals surface area contributed by atoms with E-state index in [1.165, 1.54) is 5.56 Å². The van der Waals surface area contributed by atoms with Crippen LogP contribution in [0.3, 0.4) is 0 Å². The second-order valence-electron chi connectivity index (χ2n) is 9.04. The highest BCUT2D eigenvalue weighted by Gasteiger charge is 2.64. The second kappa shape index (κ2) is 6.36. The van der Waals surface area contributed by atoms with Crippen LogP contribution in [0.25, 0.3) is 0 Å². The van der Waals surface area contributed by atoms with Crippen LogP contribution < -0.4 is 4.90 Å². The molecule has 2 amide bonds. The largest absolute Gasteiger partial charge is 0.314 e. The number of benzene rings is 2. The molecular formula is C24H26N2O2S.